The van der Waals surface area contributed by atoms with Crippen molar-refractivity contribution in [2.45, 2.75) is 32.2 Å². The molecular formula is C8H11ClN2. The standard InChI is InChI=1S/C8H11ClN2/c1-2-11-7(6-3-4-6)5-10-8(11)9/h5-6H,2-4H2,1H3. The van der Waals surface area contributed by atoms with Gasteiger partial charge in [-0.05, 0) is 31.4 Å². The summed E-state index contributed by atoms with van der Waals surface area (Å²) in [7, 11) is 0. The predicted octanol–water partition coefficient (Wildman–Crippen LogP) is 2.43. The lowest BCUT2D eigenvalue weighted by molar-refractivity contribution is 0.714. The number of hydrogen-bond donors (Lipinski definition) is 0. The number of aromatic nitrogens is 2. The monoisotopic (exact) mass is 170 g/mol. The van der Waals surface area contributed by atoms with Gasteiger partial charge in [-0.3, -0.25) is 0 Å². The molecule has 0 atom stereocenters. The van der Waals surface area contributed by atoms with Crippen LogP contribution in [-0.4, -0.2) is 9.55 Å². The molecule has 1 aliphatic carbocycles. The lowest BCUT2D eigenvalue weighted by Gasteiger charge is -2.03. The average Bonchev–Trinajstić information content (AvgIpc) is 2.76. The predicted molar refractivity (Wildman–Crippen MR) is 44.9 cm³/mol. The number of hydrogen-bond acceptors (Lipinski definition) is 1. The van der Waals surface area contributed by atoms with Crippen LogP contribution < -0.4 is 0 Å². The Balaban J connectivity index is 2.36. The van der Waals surface area contributed by atoms with Crippen LogP contribution in [0.3, 0.4) is 0 Å². The Hall–Kier alpha value is -0.500. The summed E-state index contributed by atoms with van der Waals surface area (Å²) in [6, 6.07) is 0. The van der Waals surface area contributed by atoms with Crippen molar-refractivity contribution in [3.05, 3.63) is 17.2 Å². The Bertz CT molecular complexity index is 263. The summed E-state index contributed by atoms with van der Waals surface area (Å²) >= 11 is 5.87. The molecule has 1 aromatic rings. The van der Waals surface area contributed by atoms with Crippen molar-refractivity contribution in [2.24, 2.45) is 0 Å². The highest BCUT2D eigenvalue weighted by Crippen LogP contribution is 2.40. The highest BCUT2D eigenvalue weighted by molar-refractivity contribution is 6.28. The molecule has 60 valence electrons. The summed E-state index contributed by atoms with van der Waals surface area (Å²) in [4.78, 5) is 4.08. The van der Waals surface area contributed by atoms with Crippen LogP contribution in [0.15, 0.2) is 6.20 Å². The van der Waals surface area contributed by atoms with Crippen LogP contribution >= 0.6 is 11.6 Å². The summed E-state index contributed by atoms with van der Waals surface area (Å²) in [5.74, 6) is 0.745. The maximum Gasteiger partial charge on any atom is 0.202 e. The maximum atomic E-state index is 5.87. The molecule has 0 aromatic carbocycles. The van der Waals surface area contributed by atoms with E-state index in [9.17, 15) is 0 Å². The SMILES string of the molecule is CCn1c(C2CC2)cnc1Cl. The molecular weight excluding hydrogens is 160 g/mol. The van der Waals surface area contributed by atoms with Gasteiger partial charge in [0.1, 0.15) is 0 Å². The van der Waals surface area contributed by atoms with E-state index in [0.29, 0.717) is 5.28 Å². The van der Waals surface area contributed by atoms with Crippen molar-refractivity contribution >= 4 is 11.6 Å². The molecule has 0 aliphatic heterocycles. The first kappa shape index (κ1) is 7.17. The minimum absolute atomic E-state index is 0.634. The molecule has 0 unspecified atom stereocenters. The van der Waals surface area contributed by atoms with Crippen molar-refractivity contribution in [2.75, 3.05) is 0 Å². The molecule has 1 aromatic heterocycles. The van der Waals surface area contributed by atoms with E-state index in [1.165, 1.54) is 18.5 Å². The van der Waals surface area contributed by atoms with E-state index < -0.39 is 0 Å². The molecule has 2 nitrogen and oxygen atoms in total. The van der Waals surface area contributed by atoms with Gasteiger partial charge in [0, 0.05) is 18.2 Å². The van der Waals surface area contributed by atoms with Gasteiger partial charge in [0.2, 0.25) is 5.28 Å². The van der Waals surface area contributed by atoms with Gasteiger partial charge in [0.25, 0.3) is 0 Å². The Morgan fingerprint density at radius 3 is 3.00 bits per heavy atom. The summed E-state index contributed by atoms with van der Waals surface area (Å²) in [6.45, 7) is 3.03. The van der Waals surface area contributed by atoms with E-state index in [4.69, 9.17) is 11.6 Å². The summed E-state index contributed by atoms with van der Waals surface area (Å²) in [5.41, 5.74) is 1.32. The second-order valence-corrected chi connectivity index (χ2v) is 3.31. The molecule has 1 saturated carbocycles. The van der Waals surface area contributed by atoms with Gasteiger partial charge in [-0.15, -0.1) is 0 Å². The van der Waals surface area contributed by atoms with Crippen molar-refractivity contribution < 1.29 is 0 Å². The zero-order valence-electron chi connectivity index (χ0n) is 6.55. The Morgan fingerprint density at radius 2 is 2.45 bits per heavy atom. The third-order valence-corrected chi connectivity index (χ3v) is 2.45. The maximum absolute atomic E-state index is 5.87. The fourth-order valence-corrected chi connectivity index (χ4v) is 1.65. The van der Waals surface area contributed by atoms with Crippen LogP contribution in [0.1, 0.15) is 31.4 Å². The number of halogens is 1. The van der Waals surface area contributed by atoms with Crippen molar-refractivity contribution in [3.8, 4) is 0 Å². The van der Waals surface area contributed by atoms with Crippen LogP contribution in [0.5, 0.6) is 0 Å². The second-order valence-electron chi connectivity index (χ2n) is 2.97. The van der Waals surface area contributed by atoms with Crippen LogP contribution in [0.2, 0.25) is 5.28 Å². The van der Waals surface area contributed by atoms with Crippen molar-refractivity contribution in [1.82, 2.24) is 9.55 Å². The van der Waals surface area contributed by atoms with E-state index in [1.807, 2.05) is 6.20 Å². The largest absolute Gasteiger partial charge is 0.319 e. The highest BCUT2D eigenvalue weighted by Gasteiger charge is 2.27. The fourth-order valence-electron chi connectivity index (χ4n) is 1.38. The van der Waals surface area contributed by atoms with E-state index in [1.54, 1.807) is 0 Å². The van der Waals surface area contributed by atoms with Gasteiger partial charge in [-0.25, -0.2) is 4.98 Å². The van der Waals surface area contributed by atoms with Gasteiger partial charge >= 0.3 is 0 Å². The third-order valence-electron chi connectivity index (χ3n) is 2.15. The summed E-state index contributed by atoms with van der Waals surface area (Å²) in [5, 5.41) is 0.634. The number of nitrogens with zero attached hydrogens (tertiary/aromatic N) is 2. The third kappa shape index (κ3) is 1.16. The van der Waals surface area contributed by atoms with Crippen LogP contribution in [-0.2, 0) is 6.54 Å². The van der Waals surface area contributed by atoms with Crippen LogP contribution in [0.25, 0.3) is 0 Å². The van der Waals surface area contributed by atoms with E-state index in [0.717, 1.165) is 12.5 Å². The topological polar surface area (TPSA) is 17.8 Å². The highest BCUT2D eigenvalue weighted by atomic mass is 35.5. The smallest absolute Gasteiger partial charge is 0.202 e. The lowest BCUT2D eigenvalue weighted by Crippen LogP contribution is -1.98. The van der Waals surface area contributed by atoms with Gasteiger partial charge in [-0.1, -0.05) is 0 Å². The van der Waals surface area contributed by atoms with Gasteiger partial charge in [-0.2, -0.15) is 0 Å². The number of rotatable bonds is 2. The van der Waals surface area contributed by atoms with Crippen LogP contribution in [0, 0.1) is 0 Å². The minimum atomic E-state index is 0.634. The normalized spacial score (nSPS) is 17.3. The van der Waals surface area contributed by atoms with Gasteiger partial charge in [0.05, 0.1) is 6.20 Å². The van der Waals surface area contributed by atoms with E-state index in [2.05, 4.69) is 16.5 Å². The molecule has 0 N–H and O–H groups in total. The molecule has 1 fully saturated rings. The van der Waals surface area contributed by atoms with Crippen molar-refractivity contribution in [3.63, 3.8) is 0 Å². The molecule has 0 bridgehead atoms. The van der Waals surface area contributed by atoms with Gasteiger partial charge < -0.3 is 4.57 Å². The molecule has 0 radical (unpaired) electrons. The zero-order chi connectivity index (χ0) is 7.84. The first-order valence-electron chi connectivity index (χ1n) is 4.04. The minimum Gasteiger partial charge on any atom is -0.319 e. The molecule has 11 heavy (non-hydrogen) atoms. The quantitative estimate of drug-likeness (QED) is 0.667. The second kappa shape index (κ2) is 2.52. The first-order valence-corrected chi connectivity index (χ1v) is 4.41. The Labute approximate surface area is 71.2 Å². The first-order chi connectivity index (χ1) is 5.33. The molecule has 1 heterocycles. The van der Waals surface area contributed by atoms with E-state index >= 15 is 0 Å². The molecule has 3 heteroatoms. The Kier molecular flexibility index (Phi) is 1.64. The molecule has 2 rings (SSSR count). The molecule has 1 aliphatic rings. The number of imidazole rings is 1. The fraction of sp³-hybridized carbons (Fsp3) is 0.625. The molecule has 0 spiro atoms. The van der Waals surface area contributed by atoms with E-state index in [-0.39, 0.29) is 0 Å². The Morgan fingerprint density at radius 1 is 1.73 bits per heavy atom. The van der Waals surface area contributed by atoms with Crippen molar-refractivity contribution in [1.29, 1.82) is 0 Å². The van der Waals surface area contributed by atoms with Crippen LogP contribution in [0.4, 0.5) is 0 Å². The molecule has 0 amide bonds. The summed E-state index contributed by atoms with van der Waals surface area (Å²) < 4.78 is 2.08. The van der Waals surface area contributed by atoms with Gasteiger partial charge in [0.15, 0.2) is 0 Å². The lowest BCUT2D eigenvalue weighted by atomic mass is 10.3. The molecule has 0 saturated heterocycles. The summed E-state index contributed by atoms with van der Waals surface area (Å²) in [6.07, 6.45) is 4.52. The average molecular weight is 171 g/mol. The zero-order valence-corrected chi connectivity index (χ0v) is 7.30.